The third-order valence-corrected chi connectivity index (χ3v) is 0.201. The first-order valence-corrected chi connectivity index (χ1v) is 1.13. The van der Waals surface area contributed by atoms with Crippen molar-refractivity contribution in [3.05, 3.63) is 0 Å². The number of hydrazine groups is 1. The van der Waals surface area contributed by atoms with Gasteiger partial charge in [-0.3, -0.25) is 10.3 Å². The van der Waals surface area contributed by atoms with Crippen LogP contribution in [-0.2, 0) is 4.89 Å². The van der Waals surface area contributed by atoms with Crippen LogP contribution in [0.4, 0.5) is 4.79 Å². The van der Waals surface area contributed by atoms with Crippen molar-refractivity contribution in [3.8, 4) is 0 Å². The average molecular weight is 92.1 g/mol. The molecular weight excluding hydrogens is 88.0 g/mol. The molecule has 5 nitrogen and oxygen atoms in total. The van der Waals surface area contributed by atoms with E-state index in [-0.39, 0.29) is 0 Å². The predicted octanol–water partition coefficient (Wildman–Crippen LogP) is -0.941. The van der Waals surface area contributed by atoms with Crippen molar-refractivity contribution in [2.75, 3.05) is 0 Å². The second-order valence-corrected chi connectivity index (χ2v) is 0.523. The van der Waals surface area contributed by atoms with E-state index in [1.807, 2.05) is 0 Å². The molecule has 0 unspecified atom stereocenters. The molecule has 0 saturated carbocycles. The van der Waals surface area contributed by atoms with Gasteiger partial charge in [0.15, 0.2) is 0 Å². The van der Waals surface area contributed by atoms with Gasteiger partial charge in [-0.2, -0.15) is 5.26 Å². The number of carbonyl (C=O) groups excluding carboxylic acids is 1. The molecule has 5 heteroatoms. The summed E-state index contributed by atoms with van der Waals surface area (Å²) in [4.78, 5) is 12.5. The second-order valence-electron chi connectivity index (χ2n) is 0.523. The van der Waals surface area contributed by atoms with Crippen LogP contribution in [0.2, 0.25) is 0 Å². The smallest absolute Gasteiger partial charge is 0.277 e. The number of nitrogens with two attached hydrogens (primary N) is 1. The van der Waals surface area contributed by atoms with Crippen LogP contribution in [0.15, 0.2) is 0 Å². The van der Waals surface area contributed by atoms with Crippen molar-refractivity contribution in [2.45, 2.75) is 0 Å². The minimum absolute atomic E-state index is 1.07. The molecule has 4 N–H and O–H groups in total. The summed E-state index contributed by atoms with van der Waals surface area (Å²) < 4.78 is 0. The fourth-order valence-electron chi connectivity index (χ4n) is 0.0264. The predicted molar refractivity (Wildman–Crippen MR) is 16.4 cm³/mol. The van der Waals surface area contributed by atoms with Crippen molar-refractivity contribution in [1.82, 2.24) is 5.43 Å². The number of rotatable bonds is 0. The molecule has 0 bridgehead atoms. The molecule has 0 aromatic carbocycles. The summed E-state index contributed by atoms with van der Waals surface area (Å²) in [5.74, 6) is 4.40. The standard InChI is InChI=1S/CH4N2O3/c2-3-1(4)6-5/h5H,2H2,(H,3,4). The lowest BCUT2D eigenvalue weighted by atomic mass is 11.3. The Morgan fingerprint density at radius 2 is 2.50 bits per heavy atom. The first-order chi connectivity index (χ1) is 2.81. The normalized spacial score (nSPS) is 7.00. The number of hydrogen-bond donors (Lipinski definition) is 3. The maximum absolute atomic E-state index is 9.47. The van der Waals surface area contributed by atoms with E-state index in [0.29, 0.717) is 0 Å². The van der Waals surface area contributed by atoms with Gasteiger partial charge in [0.1, 0.15) is 0 Å². The van der Waals surface area contributed by atoms with Crippen molar-refractivity contribution in [3.63, 3.8) is 0 Å². The molecule has 0 atom stereocenters. The summed E-state index contributed by atoms with van der Waals surface area (Å²) in [7, 11) is 0. The molecule has 0 aliphatic heterocycles. The number of amides is 1. The maximum atomic E-state index is 9.47. The summed E-state index contributed by atoms with van der Waals surface area (Å²) in [5.41, 5.74) is 1.50. The topological polar surface area (TPSA) is 84.6 Å². The highest BCUT2D eigenvalue weighted by Gasteiger charge is 1.89. The molecule has 0 aliphatic rings. The Balaban J connectivity index is 2.99. The molecule has 6 heavy (non-hydrogen) atoms. The Hall–Kier alpha value is -0.810. The van der Waals surface area contributed by atoms with E-state index in [2.05, 4.69) is 10.7 Å². The molecule has 0 rings (SSSR count). The van der Waals surface area contributed by atoms with Crippen LogP contribution in [0.1, 0.15) is 0 Å². The lowest BCUT2D eigenvalue weighted by Crippen LogP contribution is -2.29. The monoisotopic (exact) mass is 92.0 g/mol. The molecule has 0 saturated heterocycles. The van der Waals surface area contributed by atoms with E-state index in [4.69, 9.17) is 5.26 Å². The molecule has 0 aromatic heterocycles. The van der Waals surface area contributed by atoms with E-state index < -0.39 is 6.09 Å². The molecule has 0 fully saturated rings. The molecule has 0 aliphatic carbocycles. The average Bonchev–Trinajstić information content (AvgIpc) is 1.65. The fourth-order valence-corrected chi connectivity index (χ4v) is 0.0264. The fraction of sp³-hybridized carbons (Fsp3) is 0. The van der Waals surface area contributed by atoms with Crippen LogP contribution >= 0.6 is 0 Å². The summed E-state index contributed by atoms with van der Waals surface area (Å²) in [5, 5.41) is 7.34. The van der Waals surface area contributed by atoms with Gasteiger partial charge < -0.3 is 0 Å². The van der Waals surface area contributed by atoms with Crippen molar-refractivity contribution in [2.24, 2.45) is 5.84 Å². The lowest BCUT2D eigenvalue weighted by Gasteiger charge is -1.87. The van der Waals surface area contributed by atoms with Gasteiger partial charge in [-0.15, -0.1) is 0 Å². The third-order valence-electron chi connectivity index (χ3n) is 0.201. The van der Waals surface area contributed by atoms with Gasteiger partial charge >= 0.3 is 6.09 Å². The van der Waals surface area contributed by atoms with Gasteiger partial charge in [-0.25, -0.2) is 10.6 Å². The SMILES string of the molecule is NNC(=O)OO. The van der Waals surface area contributed by atoms with Crippen LogP contribution in [0, 0.1) is 0 Å². The lowest BCUT2D eigenvalue weighted by molar-refractivity contribution is -0.177. The van der Waals surface area contributed by atoms with Crippen molar-refractivity contribution >= 4 is 6.09 Å². The summed E-state index contributed by atoms with van der Waals surface area (Å²) in [6, 6.07) is 0. The molecule has 36 valence electrons. The Morgan fingerprint density at radius 3 is 2.50 bits per heavy atom. The maximum Gasteiger partial charge on any atom is 0.452 e. The Kier molecular flexibility index (Phi) is 2.10. The highest BCUT2D eigenvalue weighted by atomic mass is 17.1. The van der Waals surface area contributed by atoms with Gasteiger partial charge in [0.2, 0.25) is 0 Å². The molecule has 1 amide bonds. The van der Waals surface area contributed by atoms with Crippen LogP contribution < -0.4 is 11.3 Å². The van der Waals surface area contributed by atoms with Crippen LogP contribution in [0.25, 0.3) is 0 Å². The number of hydrogen-bond acceptors (Lipinski definition) is 4. The van der Waals surface area contributed by atoms with E-state index in [9.17, 15) is 4.79 Å². The second kappa shape index (κ2) is 2.43. The molecule has 0 heterocycles. The molecule has 0 radical (unpaired) electrons. The van der Waals surface area contributed by atoms with Crippen LogP contribution in [-0.4, -0.2) is 11.4 Å². The molecular formula is CH4N2O3. The van der Waals surface area contributed by atoms with Gasteiger partial charge in [-0.1, -0.05) is 0 Å². The minimum Gasteiger partial charge on any atom is -0.277 e. The van der Waals surface area contributed by atoms with Crippen molar-refractivity contribution in [1.29, 1.82) is 0 Å². The largest absolute Gasteiger partial charge is 0.452 e. The zero-order valence-electron chi connectivity index (χ0n) is 2.84. The van der Waals surface area contributed by atoms with Crippen molar-refractivity contribution < 1.29 is 14.9 Å². The highest BCUT2D eigenvalue weighted by molar-refractivity contribution is 5.65. The van der Waals surface area contributed by atoms with Crippen LogP contribution in [0.3, 0.4) is 0 Å². The Bertz CT molecular complexity index is 46.8. The van der Waals surface area contributed by atoms with E-state index >= 15 is 0 Å². The first kappa shape index (κ1) is 5.19. The van der Waals surface area contributed by atoms with Gasteiger partial charge in [0.05, 0.1) is 0 Å². The quantitative estimate of drug-likeness (QED) is 0.156. The van der Waals surface area contributed by atoms with Gasteiger partial charge in [0.25, 0.3) is 0 Å². The Labute approximate surface area is 33.6 Å². The summed E-state index contributed by atoms with van der Waals surface area (Å²) >= 11 is 0. The van der Waals surface area contributed by atoms with Crippen LogP contribution in [0.5, 0.6) is 0 Å². The zero-order valence-corrected chi connectivity index (χ0v) is 2.84. The first-order valence-electron chi connectivity index (χ1n) is 1.13. The molecule has 0 aromatic rings. The van der Waals surface area contributed by atoms with Gasteiger partial charge in [0, 0.05) is 0 Å². The van der Waals surface area contributed by atoms with E-state index in [1.165, 1.54) is 5.43 Å². The summed E-state index contributed by atoms with van der Waals surface area (Å²) in [6.45, 7) is 0. The highest BCUT2D eigenvalue weighted by Crippen LogP contribution is 1.59. The number of nitrogens with one attached hydrogen (secondary N) is 1. The zero-order chi connectivity index (χ0) is 4.99. The summed E-state index contributed by atoms with van der Waals surface area (Å²) in [6.07, 6.45) is -1.07. The van der Waals surface area contributed by atoms with E-state index in [0.717, 1.165) is 0 Å². The molecule has 0 spiro atoms. The van der Waals surface area contributed by atoms with E-state index in [1.54, 1.807) is 0 Å². The minimum atomic E-state index is -1.07. The van der Waals surface area contributed by atoms with Gasteiger partial charge in [-0.05, 0) is 0 Å². The third kappa shape index (κ3) is 1.50. The Morgan fingerprint density at radius 1 is 2.00 bits per heavy atom. The number of carbonyl (C=O) groups is 1.